The Balaban J connectivity index is 0.000000164. The minimum Gasteiger partial charge on any atom is -0.465 e. The Bertz CT molecular complexity index is 588. The van der Waals surface area contributed by atoms with Crippen LogP contribution in [0.2, 0.25) is 0 Å². The largest absolute Gasteiger partial charge is 0.465 e. The summed E-state index contributed by atoms with van der Waals surface area (Å²) in [7, 11) is 0. The Morgan fingerprint density at radius 3 is 2.00 bits per heavy atom. The number of hydrogen-bond acceptors (Lipinski definition) is 1. The highest BCUT2D eigenvalue weighted by Crippen LogP contribution is 2.29. The van der Waals surface area contributed by atoms with E-state index in [4.69, 9.17) is 11.5 Å². The molecule has 0 atom stereocenters. The maximum atomic E-state index is 10.3. The maximum Gasteiger partial charge on any atom is 0.409 e. The molecule has 0 heterocycles. The number of terminal acetylenes is 1. The number of carboxylic acid groups (broad SMARTS) is 1. The van der Waals surface area contributed by atoms with Crippen molar-refractivity contribution in [3.05, 3.63) is 54.1 Å². The number of hydrogen-bond donors (Lipinski definition) is 2. The van der Waals surface area contributed by atoms with Crippen molar-refractivity contribution in [3.63, 3.8) is 0 Å². The van der Waals surface area contributed by atoms with Gasteiger partial charge in [-0.05, 0) is 23.3 Å². The van der Waals surface area contributed by atoms with Crippen LogP contribution >= 0.6 is 0 Å². The molecule has 1 amide bonds. The van der Waals surface area contributed by atoms with Crippen LogP contribution in [0.25, 0.3) is 11.1 Å². The number of anilines is 1. The van der Waals surface area contributed by atoms with Crippen molar-refractivity contribution >= 4 is 11.8 Å². The number of carbonyl (C=O) groups is 1. The standard InChI is InChI=1S/C9H7NO2.C6H4/c1-2-7-5-3-4-6-8(7)10-9(11)12;1-2-6-4-3-5(1)6/h1,3-6,10H,(H,11,12);1-4H. The van der Waals surface area contributed by atoms with Gasteiger partial charge in [-0.2, -0.15) is 0 Å². The predicted octanol–water partition coefficient (Wildman–Crippen LogP) is 3.42. The molecule has 3 rings (SSSR count). The molecule has 0 radical (unpaired) electrons. The summed E-state index contributed by atoms with van der Waals surface area (Å²) in [6.07, 6.45) is 4.03. The molecule has 2 aliphatic carbocycles. The number of amides is 1. The summed E-state index contributed by atoms with van der Waals surface area (Å²) < 4.78 is 0. The summed E-state index contributed by atoms with van der Waals surface area (Å²) in [6, 6.07) is 15.2. The molecule has 0 saturated heterocycles. The third-order valence-corrected chi connectivity index (χ3v) is 2.54. The van der Waals surface area contributed by atoms with Crippen LogP contribution in [0.4, 0.5) is 10.5 Å². The second kappa shape index (κ2) is 5.07. The van der Waals surface area contributed by atoms with Crippen LogP contribution in [-0.4, -0.2) is 11.2 Å². The molecule has 3 heteroatoms. The van der Waals surface area contributed by atoms with E-state index in [0.717, 1.165) is 0 Å². The van der Waals surface area contributed by atoms with Crippen molar-refractivity contribution in [2.75, 3.05) is 5.32 Å². The van der Waals surface area contributed by atoms with Gasteiger partial charge in [0.25, 0.3) is 0 Å². The summed E-state index contributed by atoms with van der Waals surface area (Å²) in [5, 5.41) is 10.6. The summed E-state index contributed by atoms with van der Waals surface area (Å²) in [4.78, 5) is 10.3. The van der Waals surface area contributed by atoms with E-state index in [2.05, 4.69) is 35.5 Å². The first-order valence-corrected chi connectivity index (χ1v) is 5.37. The van der Waals surface area contributed by atoms with Gasteiger partial charge in [-0.1, -0.05) is 42.3 Å². The van der Waals surface area contributed by atoms with E-state index in [1.54, 1.807) is 24.3 Å². The summed E-state index contributed by atoms with van der Waals surface area (Å²) in [6.45, 7) is 0. The molecule has 2 N–H and O–H groups in total. The van der Waals surface area contributed by atoms with Crippen molar-refractivity contribution in [2.24, 2.45) is 0 Å². The zero-order chi connectivity index (χ0) is 13.0. The summed E-state index contributed by atoms with van der Waals surface area (Å²) >= 11 is 0. The monoisotopic (exact) mass is 237 g/mol. The van der Waals surface area contributed by atoms with Crippen LogP contribution in [0.3, 0.4) is 0 Å². The van der Waals surface area contributed by atoms with Crippen LogP contribution in [0.5, 0.6) is 0 Å². The van der Waals surface area contributed by atoms with Gasteiger partial charge in [0.2, 0.25) is 0 Å². The molecular formula is C15H11NO2. The topological polar surface area (TPSA) is 49.3 Å². The first kappa shape index (κ1) is 11.7. The maximum absolute atomic E-state index is 10.3. The Morgan fingerprint density at radius 1 is 1.06 bits per heavy atom. The molecular weight excluding hydrogens is 226 g/mol. The fourth-order valence-electron chi connectivity index (χ4n) is 1.50. The van der Waals surface area contributed by atoms with Gasteiger partial charge in [0.05, 0.1) is 5.69 Å². The SMILES string of the molecule is C#Cc1ccccc1NC(=O)O.c1cc2ccc1-2. The normalized spacial score (nSPS) is 9.50. The number of para-hydroxylation sites is 1. The van der Waals surface area contributed by atoms with Crippen molar-refractivity contribution in [3.8, 4) is 23.5 Å². The smallest absolute Gasteiger partial charge is 0.409 e. The Morgan fingerprint density at radius 2 is 1.61 bits per heavy atom. The Labute approximate surface area is 105 Å². The van der Waals surface area contributed by atoms with Crippen LogP contribution in [-0.2, 0) is 0 Å². The molecule has 0 unspecified atom stereocenters. The summed E-state index contributed by atoms with van der Waals surface area (Å²) in [5.41, 5.74) is 3.83. The van der Waals surface area contributed by atoms with E-state index in [1.807, 2.05) is 0 Å². The highest BCUT2D eigenvalue weighted by atomic mass is 16.4. The van der Waals surface area contributed by atoms with Gasteiger partial charge >= 0.3 is 6.09 Å². The molecule has 0 aromatic heterocycles. The molecule has 1 aromatic rings. The average Bonchev–Trinajstić information content (AvgIpc) is 2.34. The van der Waals surface area contributed by atoms with E-state index in [9.17, 15) is 4.79 Å². The van der Waals surface area contributed by atoms with Crippen LogP contribution in [0, 0.1) is 12.3 Å². The van der Waals surface area contributed by atoms with Gasteiger partial charge in [0.1, 0.15) is 0 Å². The fraction of sp³-hybridized carbons (Fsp3) is 0. The molecule has 18 heavy (non-hydrogen) atoms. The van der Waals surface area contributed by atoms with E-state index in [1.165, 1.54) is 11.1 Å². The number of rotatable bonds is 1. The third-order valence-electron chi connectivity index (χ3n) is 2.54. The molecule has 0 saturated carbocycles. The van der Waals surface area contributed by atoms with Crippen molar-refractivity contribution in [1.82, 2.24) is 0 Å². The minimum absolute atomic E-state index is 0.438. The lowest BCUT2D eigenvalue weighted by molar-refractivity contribution is 0.209. The minimum atomic E-state index is -1.11. The first-order chi connectivity index (χ1) is 8.70. The van der Waals surface area contributed by atoms with Crippen molar-refractivity contribution in [1.29, 1.82) is 0 Å². The highest BCUT2D eigenvalue weighted by Gasteiger charge is 2.04. The van der Waals surface area contributed by atoms with Gasteiger partial charge < -0.3 is 5.11 Å². The summed E-state index contributed by atoms with van der Waals surface area (Å²) in [5.74, 6) is 2.38. The van der Waals surface area contributed by atoms with E-state index in [-0.39, 0.29) is 0 Å². The first-order valence-electron chi connectivity index (χ1n) is 5.37. The van der Waals surface area contributed by atoms with E-state index in [0.29, 0.717) is 11.3 Å². The van der Waals surface area contributed by atoms with Gasteiger partial charge in [-0.3, -0.25) is 5.32 Å². The zero-order valence-electron chi connectivity index (χ0n) is 9.55. The third kappa shape index (κ3) is 2.50. The van der Waals surface area contributed by atoms with Crippen molar-refractivity contribution in [2.45, 2.75) is 0 Å². The molecule has 0 spiro atoms. The lowest BCUT2D eigenvalue weighted by Crippen LogP contribution is -2.08. The van der Waals surface area contributed by atoms with E-state index < -0.39 is 6.09 Å². The predicted molar refractivity (Wildman–Crippen MR) is 71.5 cm³/mol. The molecule has 3 nitrogen and oxygen atoms in total. The highest BCUT2D eigenvalue weighted by molar-refractivity contribution is 5.85. The lowest BCUT2D eigenvalue weighted by atomic mass is 9.95. The van der Waals surface area contributed by atoms with Gasteiger partial charge in [0, 0.05) is 5.56 Å². The molecule has 0 aliphatic heterocycles. The molecule has 2 aliphatic rings. The molecule has 1 aromatic carbocycles. The second-order valence-electron chi connectivity index (χ2n) is 3.70. The van der Waals surface area contributed by atoms with E-state index >= 15 is 0 Å². The average molecular weight is 237 g/mol. The molecule has 0 bridgehead atoms. The number of nitrogens with one attached hydrogen (secondary N) is 1. The van der Waals surface area contributed by atoms with Crippen LogP contribution in [0.1, 0.15) is 5.56 Å². The van der Waals surface area contributed by atoms with Gasteiger partial charge in [-0.25, -0.2) is 4.79 Å². The van der Waals surface area contributed by atoms with Gasteiger partial charge in [0.15, 0.2) is 0 Å². The fourth-order valence-corrected chi connectivity index (χ4v) is 1.50. The molecule has 88 valence electrons. The van der Waals surface area contributed by atoms with Crippen molar-refractivity contribution < 1.29 is 9.90 Å². The Kier molecular flexibility index (Phi) is 3.31. The number of fused-ring (bicyclic) bond motifs is 1. The molecule has 0 fully saturated rings. The number of benzene rings is 2. The van der Waals surface area contributed by atoms with Gasteiger partial charge in [-0.15, -0.1) is 6.42 Å². The van der Waals surface area contributed by atoms with Crippen LogP contribution in [0.15, 0.2) is 48.5 Å². The Hall–Kier alpha value is -2.73. The second-order valence-corrected chi connectivity index (χ2v) is 3.70. The quantitative estimate of drug-likeness (QED) is 0.637. The van der Waals surface area contributed by atoms with Crippen LogP contribution < -0.4 is 5.32 Å². The zero-order valence-corrected chi connectivity index (χ0v) is 9.55. The lowest BCUT2D eigenvalue weighted by Gasteiger charge is -2.10.